The molecule has 1 nitrogen and oxygen atoms in total. The van der Waals surface area contributed by atoms with Gasteiger partial charge in [-0.2, -0.15) is 0 Å². The minimum atomic E-state index is -1.30. The molecule has 0 heterocycles. The van der Waals surface area contributed by atoms with Crippen molar-refractivity contribution in [3.05, 3.63) is 29.1 Å². The lowest BCUT2D eigenvalue weighted by Gasteiger charge is -2.05. The van der Waals surface area contributed by atoms with Gasteiger partial charge in [-0.3, -0.25) is 4.79 Å². The Morgan fingerprint density at radius 2 is 1.86 bits per heavy atom. The largest absolute Gasteiger partial charge is 0.294 e. The van der Waals surface area contributed by atoms with Crippen LogP contribution in [0.3, 0.4) is 0 Å². The summed E-state index contributed by atoms with van der Waals surface area (Å²) in [6, 6.07) is 0.715. The number of benzene rings is 1. The van der Waals surface area contributed by atoms with Gasteiger partial charge in [0.1, 0.15) is 5.82 Å². The first-order chi connectivity index (χ1) is 6.49. The van der Waals surface area contributed by atoms with Crippen molar-refractivity contribution in [3.8, 4) is 0 Å². The lowest BCUT2D eigenvalue weighted by molar-refractivity contribution is 0.101. The van der Waals surface area contributed by atoms with Gasteiger partial charge in [0.2, 0.25) is 0 Å². The number of carbonyl (C=O) groups excluding carboxylic acids is 1. The van der Waals surface area contributed by atoms with Crippen LogP contribution in [0.1, 0.15) is 17.3 Å². The zero-order valence-electron chi connectivity index (χ0n) is 7.53. The maximum Gasteiger partial charge on any atom is 0.176 e. The summed E-state index contributed by atoms with van der Waals surface area (Å²) in [6.07, 6.45) is 1.42. The normalized spacial score (nSPS) is 10.4. The van der Waals surface area contributed by atoms with Crippen molar-refractivity contribution in [1.82, 2.24) is 0 Å². The van der Waals surface area contributed by atoms with Crippen LogP contribution in [-0.2, 0) is 0 Å². The van der Waals surface area contributed by atoms with Crippen LogP contribution in [0.5, 0.6) is 0 Å². The highest BCUT2D eigenvalue weighted by atomic mass is 32.2. The Kier molecular flexibility index (Phi) is 3.21. The van der Waals surface area contributed by atoms with Crippen LogP contribution in [0.15, 0.2) is 11.0 Å². The number of Topliss-reactive ketones (excluding diaryl/α,β-unsaturated/α-hetero) is 1. The molecule has 0 bridgehead atoms. The monoisotopic (exact) mass is 220 g/mol. The van der Waals surface area contributed by atoms with Gasteiger partial charge in [0, 0.05) is 0 Å². The molecule has 76 valence electrons. The van der Waals surface area contributed by atoms with Crippen molar-refractivity contribution >= 4 is 17.5 Å². The van der Waals surface area contributed by atoms with Crippen LogP contribution in [0.25, 0.3) is 0 Å². The summed E-state index contributed by atoms with van der Waals surface area (Å²) in [5, 5.41) is 0. The Bertz CT molecular complexity index is 390. The Hall–Kier alpha value is -0.970. The highest BCUT2D eigenvalue weighted by Crippen LogP contribution is 2.27. The minimum Gasteiger partial charge on any atom is -0.294 e. The van der Waals surface area contributed by atoms with Gasteiger partial charge in [-0.05, 0) is 19.2 Å². The molecule has 0 fully saturated rings. The van der Waals surface area contributed by atoms with Crippen molar-refractivity contribution in [1.29, 1.82) is 0 Å². The van der Waals surface area contributed by atoms with Gasteiger partial charge in [0.05, 0.1) is 10.5 Å². The Morgan fingerprint density at radius 1 is 1.29 bits per heavy atom. The summed E-state index contributed by atoms with van der Waals surface area (Å²) in [4.78, 5) is 10.4. The molecule has 1 rings (SSSR count). The lowest BCUT2D eigenvalue weighted by atomic mass is 10.1. The van der Waals surface area contributed by atoms with Crippen LogP contribution in [0, 0.1) is 17.5 Å². The van der Waals surface area contributed by atoms with Crippen molar-refractivity contribution in [2.45, 2.75) is 11.8 Å². The molecule has 5 heteroatoms. The number of ketones is 1. The highest BCUT2D eigenvalue weighted by Gasteiger charge is 2.19. The third kappa shape index (κ3) is 1.77. The second-order valence-corrected chi connectivity index (χ2v) is 3.44. The molecule has 0 saturated carbocycles. The molecule has 0 aliphatic heterocycles. The molecule has 0 aliphatic rings. The van der Waals surface area contributed by atoms with Crippen molar-refractivity contribution in [2.24, 2.45) is 0 Å². The second kappa shape index (κ2) is 4.04. The SMILES string of the molecule is CSc1c(F)cc(C(C)=O)c(F)c1F. The first-order valence-corrected chi connectivity index (χ1v) is 4.94. The number of halogens is 3. The predicted octanol–water partition coefficient (Wildman–Crippen LogP) is 3.03. The summed E-state index contributed by atoms with van der Waals surface area (Å²) < 4.78 is 39.3. The van der Waals surface area contributed by atoms with E-state index in [9.17, 15) is 18.0 Å². The summed E-state index contributed by atoms with van der Waals surface area (Å²) in [5.41, 5.74) is -0.558. The first kappa shape index (κ1) is 11.1. The average molecular weight is 220 g/mol. The molecule has 14 heavy (non-hydrogen) atoms. The predicted molar refractivity (Wildman–Crippen MR) is 48.1 cm³/mol. The van der Waals surface area contributed by atoms with E-state index in [2.05, 4.69) is 0 Å². The second-order valence-electron chi connectivity index (χ2n) is 2.62. The molecular formula is C9H7F3OS. The van der Waals surface area contributed by atoms with E-state index in [1.807, 2.05) is 0 Å². The Labute approximate surface area is 83.3 Å². The van der Waals surface area contributed by atoms with E-state index in [1.165, 1.54) is 6.26 Å². The fourth-order valence-corrected chi connectivity index (χ4v) is 1.54. The van der Waals surface area contributed by atoms with Gasteiger partial charge in [0.15, 0.2) is 17.4 Å². The van der Waals surface area contributed by atoms with E-state index in [4.69, 9.17) is 0 Å². The van der Waals surface area contributed by atoms with E-state index < -0.39 is 33.7 Å². The third-order valence-corrected chi connectivity index (χ3v) is 2.48. The molecular weight excluding hydrogens is 213 g/mol. The molecule has 0 saturated heterocycles. The molecule has 0 spiro atoms. The number of hydrogen-bond acceptors (Lipinski definition) is 2. The molecule has 0 unspecified atom stereocenters. The number of hydrogen-bond donors (Lipinski definition) is 0. The van der Waals surface area contributed by atoms with E-state index in [-0.39, 0.29) is 0 Å². The number of thioether (sulfide) groups is 1. The topological polar surface area (TPSA) is 17.1 Å². The van der Waals surface area contributed by atoms with Crippen molar-refractivity contribution < 1.29 is 18.0 Å². The summed E-state index contributed by atoms with van der Waals surface area (Å²) in [7, 11) is 0. The molecule has 0 radical (unpaired) electrons. The molecule has 0 aromatic heterocycles. The zero-order chi connectivity index (χ0) is 10.9. The van der Waals surface area contributed by atoms with E-state index in [0.717, 1.165) is 18.7 Å². The third-order valence-electron chi connectivity index (χ3n) is 1.70. The molecule has 1 aromatic rings. The molecule has 0 atom stereocenters. The molecule has 1 aromatic carbocycles. The Morgan fingerprint density at radius 3 is 2.29 bits per heavy atom. The average Bonchev–Trinajstić information content (AvgIpc) is 2.12. The van der Waals surface area contributed by atoms with Gasteiger partial charge in [-0.25, -0.2) is 13.2 Å². The Balaban J connectivity index is 3.47. The van der Waals surface area contributed by atoms with E-state index >= 15 is 0 Å². The molecule has 0 aliphatic carbocycles. The highest BCUT2D eigenvalue weighted by molar-refractivity contribution is 7.98. The maximum atomic E-state index is 13.1. The van der Waals surface area contributed by atoms with Crippen molar-refractivity contribution in [3.63, 3.8) is 0 Å². The lowest BCUT2D eigenvalue weighted by Crippen LogP contribution is -2.03. The van der Waals surface area contributed by atoms with Crippen LogP contribution in [0.4, 0.5) is 13.2 Å². The van der Waals surface area contributed by atoms with Crippen LogP contribution in [0.2, 0.25) is 0 Å². The van der Waals surface area contributed by atoms with Crippen LogP contribution < -0.4 is 0 Å². The first-order valence-electron chi connectivity index (χ1n) is 3.71. The minimum absolute atomic E-state index is 0.410. The van der Waals surface area contributed by atoms with Crippen LogP contribution >= 0.6 is 11.8 Å². The van der Waals surface area contributed by atoms with Crippen LogP contribution in [-0.4, -0.2) is 12.0 Å². The standard InChI is InChI=1S/C9H7F3OS/c1-4(13)5-3-6(10)9(14-2)8(12)7(5)11/h3H,1-2H3. The number of rotatable bonds is 2. The molecule has 0 amide bonds. The fourth-order valence-electron chi connectivity index (χ4n) is 1.02. The number of carbonyl (C=O) groups is 1. The zero-order valence-corrected chi connectivity index (χ0v) is 8.34. The van der Waals surface area contributed by atoms with Gasteiger partial charge in [0.25, 0.3) is 0 Å². The van der Waals surface area contributed by atoms with Gasteiger partial charge >= 0.3 is 0 Å². The smallest absolute Gasteiger partial charge is 0.176 e. The summed E-state index contributed by atoms with van der Waals surface area (Å²) in [5.74, 6) is -4.21. The van der Waals surface area contributed by atoms with Gasteiger partial charge in [-0.15, -0.1) is 11.8 Å². The quantitative estimate of drug-likeness (QED) is 0.433. The fraction of sp³-hybridized carbons (Fsp3) is 0.222. The maximum absolute atomic E-state index is 13.1. The summed E-state index contributed by atoms with van der Waals surface area (Å²) >= 11 is 0.755. The van der Waals surface area contributed by atoms with Gasteiger partial charge in [-0.1, -0.05) is 0 Å². The van der Waals surface area contributed by atoms with E-state index in [0.29, 0.717) is 6.07 Å². The van der Waals surface area contributed by atoms with Gasteiger partial charge < -0.3 is 0 Å². The summed E-state index contributed by atoms with van der Waals surface area (Å²) in [6.45, 7) is 1.05. The van der Waals surface area contributed by atoms with E-state index in [1.54, 1.807) is 0 Å². The molecule has 0 N–H and O–H groups in total. The van der Waals surface area contributed by atoms with Crippen molar-refractivity contribution in [2.75, 3.05) is 6.26 Å².